The van der Waals surface area contributed by atoms with E-state index in [2.05, 4.69) is 21.4 Å². The molecular weight excluding hydrogens is 250 g/mol. The first kappa shape index (κ1) is 12.7. The molecule has 3 rings (SSSR count). The van der Waals surface area contributed by atoms with Crippen LogP contribution < -0.4 is 10.2 Å². The molecule has 20 heavy (non-hydrogen) atoms. The number of nitriles is 1. The van der Waals surface area contributed by atoms with Crippen molar-refractivity contribution < 1.29 is 0 Å². The highest BCUT2D eigenvalue weighted by atomic mass is 15.2. The van der Waals surface area contributed by atoms with Crippen LogP contribution in [0.4, 0.5) is 11.8 Å². The van der Waals surface area contributed by atoms with Gasteiger partial charge in [0.1, 0.15) is 5.82 Å². The Hall–Kier alpha value is -2.35. The van der Waals surface area contributed by atoms with Crippen LogP contribution >= 0.6 is 0 Å². The number of para-hydroxylation sites is 1. The molecule has 1 aromatic carbocycles. The van der Waals surface area contributed by atoms with Crippen LogP contribution in [0.3, 0.4) is 0 Å². The van der Waals surface area contributed by atoms with E-state index in [-0.39, 0.29) is 5.41 Å². The summed E-state index contributed by atoms with van der Waals surface area (Å²) in [5, 5.41) is 13.5. The minimum atomic E-state index is -0.190. The summed E-state index contributed by atoms with van der Waals surface area (Å²) in [6, 6.07) is 10.3. The minimum absolute atomic E-state index is 0.190. The zero-order chi connectivity index (χ0) is 14.2. The van der Waals surface area contributed by atoms with E-state index in [0.717, 1.165) is 29.6 Å². The normalized spacial score (nSPS) is 15.7. The molecule has 1 N–H and O–H groups in total. The van der Waals surface area contributed by atoms with Gasteiger partial charge in [-0.05, 0) is 25.0 Å². The Labute approximate surface area is 118 Å². The van der Waals surface area contributed by atoms with E-state index in [9.17, 15) is 0 Å². The average molecular weight is 267 g/mol. The van der Waals surface area contributed by atoms with Crippen LogP contribution in [0.25, 0.3) is 10.9 Å². The van der Waals surface area contributed by atoms with E-state index in [4.69, 9.17) is 5.26 Å². The first-order valence-corrected chi connectivity index (χ1v) is 6.73. The number of nitrogens with zero attached hydrogens (tertiary/aromatic N) is 4. The number of hydrogen-bond acceptors (Lipinski definition) is 5. The molecule has 1 aliphatic carbocycles. The third-order valence-corrected chi connectivity index (χ3v) is 3.68. The van der Waals surface area contributed by atoms with Crippen LogP contribution in [0.2, 0.25) is 0 Å². The Morgan fingerprint density at radius 1 is 1.30 bits per heavy atom. The lowest BCUT2D eigenvalue weighted by Crippen LogP contribution is -2.17. The fraction of sp³-hybridized carbons (Fsp3) is 0.400. The van der Waals surface area contributed by atoms with E-state index in [1.165, 1.54) is 0 Å². The number of nitrogens with one attached hydrogen (secondary N) is 1. The van der Waals surface area contributed by atoms with Crippen LogP contribution in [-0.4, -0.2) is 30.6 Å². The lowest BCUT2D eigenvalue weighted by atomic mass is 10.1. The summed E-state index contributed by atoms with van der Waals surface area (Å²) in [5.41, 5.74) is 0.722. The van der Waals surface area contributed by atoms with Gasteiger partial charge >= 0.3 is 0 Å². The van der Waals surface area contributed by atoms with E-state index in [1.54, 1.807) is 0 Å². The molecule has 0 unspecified atom stereocenters. The maximum absolute atomic E-state index is 9.16. The van der Waals surface area contributed by atoms with Gasteiger partial charge in [0.2, 0.25) is 5.95 Å². The van der Waals surface area contributed by atoms with Crippen LogP contribution in [0.15, 0.2) is 24.3 Å². The standard InChI is InChI=1S/C15H17N5/c1-20(2)14-18-12-6-4-3-5-11(12)13(19-14)17-10-15(9-16)7-8-15/h3-6H,7-8,10H2,1-2H3,(H,17,18,19). The molecule has 0 amide bonds. The Balaban J connectivity index is 1.97. The summed E-state index contributed by atoms with van der Waals surface area (Å²) in [4.78, 5) is 11.0. The third kappa shape index (κ3) is 2.25. The summed E-state index contributed by atoms with van der Waals surface area (Å²) in [6.07, 6.45) is 1.94. The number of anilines is 2. The first-order chi connectivity index (χ1) is 9.63. The van der Waals surface area contributed by atoms with Crippen molar-refractivity contribution in [2.24, 2.45) is 5.41 Å². The largest absolute Gasteiger partial charge is 0.368 e. The van der Waals surface area contributed by atoms with E-state index >= 15 is 0 Å². The fourth-order valence-corrected chi connectivity index (χ4v) is 2.13. The lowest BCUT2D eigenvalue weighted by Gasteiger charge is -2.15. The summed E-state index contributed by atoms with van der Waals surface area (Å²) in [7, 11) is 3.84. The number of aromatic nitrogens is 2. The molecule has 0 radical (unpaired) electrons. The molecule has 2 aromatic rings. The molecular formula is C15H17N5. The predicted molar refractivity (Wildman–Crippen MR) is 79.6 cm³/mol. The van der Waals surface area contributed by atoms with Crippen molar-refractivity contribution in [2.75, 3.05) is 30.9 Å². The van der Waals surface area contributed by atoms with Gasteiger partial charge in [-0.25, -0.2) is 4.98 Å². The predicted octanol–water partition coefficient (Wildman–Crippen LogP) is 2.41. The van der Waals surface area contributed by atoms with Crippen molar-refractivity contribution in [2.45, 2.75) is 12.8 Å². The fourth-order valence-electron chi connectivity index (χ4n) is 2.13. The van der Waals surface area contributed by atoms with Crippen LogP contribution in [0, 0.1) is 16.7 Å². The van der Waals surface area contributed by atoms with Crippen molar-refractivity contribution in [1.82, 2.24) is 9.97 Å². The molecule has 0 bridgehead atoms. The smallest absolute Gasteiger partial charge is 0.227 e. The van der Waals surface area contributed by atoms with Crippen molar-refractivity contribution in [3.63, 3.8) is 0 Å². The Bertz CT molecular complexity index is 682. The Morgan fingerprint density at radius 2 is 2.05 bits per heavy atom. The molecule has 102 valence electrons. The highest BCUT2D eigenvalue weighted by Crippen LogP contribution is 2.44. The van der Waals surface area contributed by atoms with Crippen molar-refractivity contribution >= 4 is 22.7 Å². The molecule has 1 saturated carbocycles. The summed E-state index contributed by atoms with van der Waals surface area (Å²) < 4.78 is 0. The van der Waals surface area contributed by atoms with Gasteiger partial charge in [0, 0.05) is 26.0 Å². The average Bonchev–Trinajstić information content (AvgIpc) is 3.25. The number of hydrogen-bond donors (Lipinski definition) is 1. The van der Waals surface area contributed by atoms with Crippen molar-refractivity contribution in [3.05, 3.63) is 24.3 Å². The van der Waals surface area contributed by atoms with Crippen LogP contribution in [0.1, 0.15) is 12.8 Å². The van der Waals surface area contributed by atoms with Crippen molar-refractivity contribution in [3.8, 4) is 6.07 Å². The van der Waals surface area contributed by atoms with E-state index in [0.29, 0.717) is 12.5 Å². The van der Waals surface area contributed by atoms with E-state index < -0.39 is 0 Å². The minimum Gasteiger partial charge on any atom is -0.368 e. The molecule has 5 heteroatoms. The lowest BCUT2D eigenvalue weighted by molar-refractivity contribution is 0.709. The maximum atomic E-state index is 9.16. The molecule has 1 fully saturated rings. The van der Waals surface area contributed by atoms with E-state index in [1.807, 2.05) is 43.3 Å². The number of fused-ring (bicyclic) bond motifs is 1. The Morgan fingerprint density at radius 3 is 2.70 bits per heavy atom. The number of benzene rings is 1. The first-order valence-electron chi connectivity index (χ1n) is 6.73. The van der Waals surface area contributed by atoms with Gasteiger partial charge in [0.05, 0.1) is 17.0 Å². The highest BCUT2D eigenvalue weighted by molar-refractivity contribution is 5.90. The molecule has 1 aliphatic rings. The van der Waals surface area contributed by atoms with Gasteiger partial charge in [0.15, 0.2) is 0 Å². The second-order valence-corrected chi connectivity index (χ2v) is 5.53. The second-order valence-electron chi connectivity index (χ2n) is 5.53. The SMILES string of the molecule is CN(C)c1nc(NCC2(C#N)CC2)c2ccccc2n1. The molecule has 0 atom stereocenters. The zero-order valence-electron chi connectivity index (χ0n) is 11.7. The third-order valence-electron chi connectivity index (χ3n) is 3.68. The molecule has 0 spiro atoms. The number of rotatable bonds is 4. The van der Waals surface area contributed by atoms with Crippen molar-refractivity contribution in [1.29, 1.82) is 5.26 Å². The molecule has 0 aliphatic heterocycles. The van der Waals surface area contributed by atoms with Gasteiger partial charge in [-0.1, -0.05) is 12.1 Å². The van der Waals surface area contributed by atoms with Gasteiger partial charge < -0.3 is 10.2 Å². The molecule has 5 nitrogen and oxygen atoms in total. The van der Waals surface area contributed by atoms with Gasteiger partial charge in [-0.2, -0.15) is 10.2 Å². The van der Waals surface area contributed by atoms with Crippen LogP contribution in [0.5, 0.6) is 0 Å². The molecule has 1 aromatic heterocycles. The summed E-state index contributed by atoms with van der Waals surface area (Å²) >= 11 is 0. The maximum Gasteiger partial charge on any atom is 0.227 e. The monoisotopic (exact) mass is 267 g/mol. The highest BCUT2D eigenvalue weighted by Gasteiger charge is 2.43. The summed E-state index contributed by atoms with van der Waals surface area (Å²) in [5.74, 6) is 1.48. The Kier molecular flexibility index (Phi) is 2.94. The topological polar surface area (TPSA) is 64.8 Å². The molecule has 0 saturated heterocycles. The zero-order valence-corrected chi connectivity index (χ0v) is 11.7. The second kappa shape index (κ2) is 4.64. The molecule has 1 heterocycles. The van der Waals surface area contributed by atoms with Gasteiger partial charge in [-0.3, -0.25) is 0 Å². The summed E-state index contributed by atoms with van der Waals surface area (Å²) in [6.45, 7) is 0.650. The van der Waals surface area contributed by atoms with Crippen LogP contribution in [-0.2, 0) is 0 Å². The van der Waals surface area contributed by atoms with Gasteiger partial charge in [-0.15, -0.1) is 0 Å². The quantitative estimate of drug-likeness (QED) is 0.921. The van der Waals surface area contributed by atoms with Gasteiger partial charge in [0.25, 0.3) is 0 Å².